The number of carbonyl (C=O) groups is 2. The average molecular weight is 544 g/mol. The number of halogens is 1. The van der Waals surface area contributed by atoms with Crippen molar-refractivity contribution in [3.63, 3.8) is 0 Å². The van der Waals surface area contributed by atoms with E-state index in [1.807, 2.05) is 36.4 Å². The molecular weight excluding hydrogens is 518 g/mol. The van der Waals surface area contributed by atoms with Crippen molar-refractivity contribution in [2.75, 3.05) is 13.2 Å². The van der Waals surface area contributed by atoms with E-state index in [4.69, 9.17) is 21.1 Å². The summed E-state index contributed by atoms with van der Waals surface area (Å²) in [5.41, 5.74) is 3.79. The highest BCUT2D eigenvalue weighted by Crippen LogP contribution is 2.41. The van der Waals surface area contributed by atoms with Crippen LogP contribution in [0.5, 0.6) is 23.0 Å². The second-order valence-electron chi connectivity index (χ2n) is 9.19. The fourth-order valence-electron chi connectivity index (χ4n) is 4.52. The summed E-state index contributed by atoms with van der Waals surface area (Å²) in [5, 5.41) is 22.7. The van der Waals surface area contributed by atoms with Crippen LogP contribution in [0, 0.1) is 0 Å². The summed E-state index contributed by atoms with van der Waals surface area (Å²) < 4.78 is 11.5. The van der Waals surface area contributed by atoms with Crippen LogP contribution < -0.4 is 14.8 Å². The quantitative estimate of drug-likeness (QED) is 0.236. The molecule has 1 aliphatic heterocycles. The summed E-state index contributed by atoms with van der Waals surface area (Å²) in [6.07, 6.45) is 1.05. The number of phenolic OH excluding ortho intramolecular Hbond substituents is 1. The molecule has 1 atom stereocenters. The number of hydrogen-bond donors (Lipinski definition) is 3. The van der Waals surface area contributed by atoms with Gasteiger partial charge in [-0.1, -0.05) is 54.1 Å². The minimum Gasteiger partial charge on any atom is -0.507 e. The highest BCUT2D eigenvalue weighted by atomic mass is 35.5. The van der Waals surface area contributed by atoms with E-state index in [-0.39, 0.29) is 16.7 Å². The minimum absolute atomic E-state index is 0.202. The third-order valence-corrected chi connectivity index (χ3v) is 6.91. The number of hydrogen-bond acceptors (Lipinski definition) is 5. The first-order valence-corrected chi connectivity index (χ1v) is 12.9. The van der Waals surface area contributed by atoms with Crippen LogP contribution in [-0.4, -0.2) is 35.2 Å². The van der Waals surface area contributed by atoms with Crippen molar-refractivity contribution >= 4 is 23.5 Å². The molecule has 0 aliphatic carbocycles. The number of fused-ring (bicyclic) bond motifs is 1. The van der Waals surface area contributed by atoms with Crippen molar-refractivity contribution in [2.24, 2.45) is 0 Å². The first-order valence-electron chi connectivity index (χ1n) is 12.5. The Hall–Kier alpha value is -4.49. The summed E-state index contributed by atoms with van der Waals surface area (Å²) in [6.45, 7) is 0.771. The zero-order valence-electron chi connectivity index (χ0n) is 20.9. The van der Waals surface area contributed by atoms with Gasteiger partial charge in [-0.2, -0.15) is 0 Å². The van der Waals surface area contributed by atoms with Gasteiger partial charge in [-0.25, -0.2) is 0 Å². The Bertz CT molecular complexity index is 1500. The zero-order valence-corrected chi connectivity index (χ0v) is 21.6. The van der Waals surface area contributed by atoms with Crippen molar-refractivity contribution < 1.29 is 29.3 Å². The van der Waals surface area contributed by atoms with Crippen LogP contribution in [0.3, 0.4) is 0 Å². The van der Waals surface area contributed by atoms with Gasteiger partial charge in [0.05, 0.1) is 17.5 Å². The van der Waals surface area contributed by atoms with E-state index < -0.39 is 11.9 Å². The van der Waals surface area contributed by atoms with Crippen LogP contribution in [0.1, 0.15) is 33.8 Å². The smallest absolute Gasteiger partial charge is 0.311 e. The monoisotopic (exact) mass is 543 g/mol. The summed E-state index contributed by atoms with van der Waals surface area (Å²) in [5.74, 6) is -0.288. The lowest BCUT2D eigenvalue weighted by molar-refractivity contribution is -0.139. The third kappa shape index (κ3) is 5.99. The first-order chi connectivity index (χ1) is 18.9. The standard InChI is InChI=1S/C31H26ClNO6/c32-26-17-25-24(31(36)37)14-16-38-28(25)18-29(26)39-22-11-9-21(10-12-22)30(35)33-15-13-19-5-7-20(8-6-19)23-3-1-2-4-27(23)34/h1-12,17-18,24,34H,13-16H2,(H,33,35)(H,36,37). The Morgan fingerprint density at radius 3 is 2.46 bits per heavy atom. The topological polar surface area (TPSA) is 105 Å². The molecule has 0 fully saturated rings. The van der Waals surface area contributed by atoms with Gasteiger partial charge in [0.2, 0.25) is 0 Å². The second-order valence-corrected chi connectivity index (χ2v) is 9.60. The summed E-state index contributed by atoms with van der Waals surface area (Å²) in [7, 11) is 0. The number of carboxylic acid groups (broad SMARTS) is 1. The summed E-state index contributed by atoms with van der Waals surface area (Å²) in [4.78, 5) is 24.1. The van der Waals surface area contributed by atoms with Gasteiger partial charge >= 0.3 is 5.97 Å². The molecule has 0 spiro atoms. The van der Waals surface area contributed by atoms with Gasteiger partial charge in [0.15, 0.2) is 0 Å². The van der Waals surface area contributed by atoms with Gasteiger partial charge in [-0.15, -0.1) is 0 Å². The number of para-hydroxylation sites is 1. The Morgan fingerprint density at radius 1 is 1.00 bits per heavy atom. The number of carboxylic acids is 1. The maximum absolute atomic E-state index is 12.6. The average Bonchev–Trinajstić information content (AvgIpc) is 2.94. The highest BCUT2D eigenvalue weighted by Gasteiger charge is 2.29. The van der Waals surface area contributed by atoms with E-state index in [2.05, 4.69) is 5.32 Å². The number of benzene rings is 4. The Morgan fingerprint density at radius 2 is 1.74 bits per heavy atom. The van der Waals surface area contributed by atoms with Gasteiger partial charge in [-0.3, -0.25) is 9.59 Å². The molecule has 1 unspecified atom stereocenters. The lowest BCUT2D eigenvalue weighted by atomic mass is 9.93. The fraction of sp³-hybridized carbons (Fsp3) is 0.161. The van der Waals surface area contributed by atoms with Crippen LogP contribution in [0.4, 0.5) is 0 Å². The Kier molecular flexibility index (Phi) is 7.70. The van der Waals surface area contributed by atoms with Crippen LogP contribution in [0.25, 0.3) is 11.1 Å². The summed E-state index contributed by atoms with van der Waals surface area (Å²) in [6, 6.07) is 24.9. The first kappa shape index (κ1) is 26.1. The van der Waals surface area contributed by atoms with E-state index in [1.165, 1.54) is 0 Å². The number of nitrogens with one attached hydrogen (secondary N) is 1. The fourth-order valence-corrected chi connectivity index (χ4v) is 4.73. The predicted molar refractivity (Wildman–Crippen MR) is 148 cm³/mol. The minimum atomic E-state index is -0.916. The molecule has 39 heavy (non-hydrogen) atoms. The second kappa shape index (κ2) is 11.5. The number of phenols is 1. The molecule has 1 amide bonds. The van der Waals surface area contributed by atoms with E-state index in [9.17, 15) is 19.8 Å². The van der Waals surface area contributed by atoms with Crippen molar-refractivity contribution in [3.8, 4) is 34.1 Å². The van der Waals surface area contributed by atoms with Gasteiger partial charge in [0.25, 0.3) is 5.91 Å². The maximum atomic E-state index is 12.6. The molecule has 198 valence electrons. The molecule has 0 aromatic heterocycles. The number of amides is 1. The predicted octanol–water partition coefficient (Wildman–Crippen LogP) is 6.43. The number of aromatic hydroxyl groups is 1. The molecule has 8 heteroatoms. The lowest BCUT2D eigenvalue weighted by Gasteiger charge is -2.24. The molecule has 3 N–H and O–H groups in total. The molecule has 1 aliphatic rings. The van der Waals surface area contributed by atoms with E-state index in [1.54, 1.807) is 48.5 Å². The molecule has 1 heterocycles. The van der Waals surface area contributed by atoms with Gasteiger partial charge in [-0.05, 0) is 60.4 Å². The number of ether oxygens (including phenoxy) is 2. The van der Waals surface area contributed by atoms with Crippen LogP contribution in [-0.2, 0) is 11.2 Å². The summed E-state index contributed by atoms with van der Waals surface area (Å²) >= 11 is 6.37. The van der Waals surface area contributed by atoms with Crippen molar-refractivity contribution in [1.82, 2.24) is 5.32 Å². The molecule has 4 aromatic carbocycles. The molecule has 7 nitrogen and oxygen atoms in total. The van der Waals surface area contributed by atoms with E-state index in [0.29, 0.717) is 54.4 Å². The third-order valence-electron chi connectivity index (χ3n) is 6.61. The normalized spacial score (nSPS) is 14.1. The Balaban J connectivity index is 1.16. The van der Waals surface area contributed by atoms with Gasteiger partial charge in [0.1, 0.15) is 23.0 Å². The SMILES string of the molecule is O=C(NCCc1ccc(-c2ccccc2O)cc1)c1ccc(Oc2cc3c(cc2Cl)C(C(=O)O)CCO3)cc1. The molecular formula is C31H26ClNO6. The number of carbonyl (C=O) groups excluding carboxylic acids is 1. The maximum Gasteiger partial charge on any atom is 0.311 e. The zero-order chi connectivity index (χ0) is 27.4. The van der Waals surface area contributed by atoms with Gasteiger partial charge in [0, 0.05) is 29.3 Å². The molecule has 5 rings (SSSR count). The largest absolute Gasteiger partial charge is 0.507 e. The molecule has 0 saturated carbocycles. The highest BCUT2D eigenvalue weighted by molar-refractivity contribution is 6.32. The molecule has 0 saturated heterocycles. The van der Waals surface area contributed by atoms with Crippen LogP contribution >= 0.6 is 11.6 Å². The van der Waals surface area contributed by atoms with Crippen LogP contribution in [0.2, 0.25) is 5.02 Å². The number of rotatable bonds is 8. The lowest BCUT2D eigenvalue weighted by Crippen LogP contribution is -2.25. The molecule has 4 aromatic rings. The van der Waals surface area contributed by atoms with Crippen molar-refractivity contribution in [3.05, 3.63) is 107 Å². The van der Waals surface area contributed by atoms with Crippen LogP contribution in [0.15, 0.2) is 84.9 Å². The Labute approximate surface area is 230 Å². The molecule has 0 bridgehead atoms. The van der Waals surface area contributed by atoms with Crippen molar-refractivity contribution in [1.29, 1.82) is 0 Å². The van der Waals surface area contributed by atoms with Gasteiger partial charge < -0.3 is 25.0 Å². The number of aliphatic carboxylic acids is 1. The van der Waals surface area contributed by atoms with E-state index >= 15 is 0 Å². The molecule has 0 radical (unpaired) electrons. The van der Waals surface area contributed by atoms with Crippen molar-refractivity contribution in [2.45, 2.75) is 18.8 Å². The van der Waals surface area contributed by atoms with E-state index in [0.717, 1.165) is 16.7 Å².